The van der Waals surface area contributed by atoms with E-state index in [1.807, 2.05) is 23.3 Å². The van der Waals surface area contributed by atoms with E-state index >= 15 is 0 Å². The molecule has 2 aliphatic heterocycles. The fraction of sp³-hybridized carbons (Fsp3) is 0.500. The number of thiophene rings is 1. The lowest BCUT2D eigenvalue weighted by Crippen LogP contribution is -2.41. The number of aromatic nitrogens is 2. The molecule has 2 saturated heterocycles. The fourth-order valence-corrected chi connectivity index (χ4v) is 4.79. The lowest BCUT2D eigenvalue weighted by atomic mass is 9.81. The van der Waals surface area contributed by atoms with Gasteiger partial charge in [0.05, 0.1) is 16.1 Å². The predicted octanol–water partition coefficient (Wildman–Crippen LogP) is 1.45. The smallest absolute Gasteiger partial charge is 0.314 e. The van der Waals surface area contributed by atoms with E-state index in [2.05, 4.69) is 9.97 Å². The first-order valence-corrected chi connectivity index (χ1v) is 8.90. The van der Waals surface area contributed by atoms with Crippen molar-refractivity contribution in [2.45, 2.75) is 13.3 Å². The first kappa shape index (κ1) is 15.3. The van der Waals surface area contributed by atoms with Gasteiger partial charge < -0.3 is 14.9 Å². The number of aliphatic carboxylic acids is 1. The molecule has 2 fully saturated rings. The van der Waals surface area contributed by atoms with Gasteiger partial charge in [-0.1, -0.05) is 6.92 Å². The molecule has 1 amide bonds. The first-order valence-electron chi connectivity index (χ1n) is 8.02. The summed E-state index contributed by atoms with van der Waals surface area (Å²) in [6, 6.07) is 1.92. The molecule has 4 rings (SSSR count). The highest BCUT2D eigenvalue weighted by Gasteiger charge is 2.62. The molecule has 0 radical (unpaired) electrons. The third-order valence-electron chi connectivity index (χ3n) is 5.07. The minimum absolute atomic E-state index is 0.0433. The van der Waals surface area contributed by atoms with Gasteiger partial charge in [-0.3, -0.25) is 9.59 Å². The highest BCUT2D eigenvalue weighted by atomic mass is 32.1. The molecule has 7 nitrogen and oxygen atoms in total. The van der Waals surface area contributed by atoms with Crippen LogP contribution in [0.4, 0.5) is 5.82 Å². The van der Waals surface area contributed by atoms with E-state index in [9.17, 15) is 14.7 Å². The van der Waals surface area contributed by atoms with E-state index in [1.54, 1.807) is 4.90 Å². The van der Waals surface area contributed by atoms with Gasteiger partial charge in [0.1, 0.15) is 17.6 Å². The Morgan fingerprint density at radius 2 is 2.29 bits per heavy atom. The first-order chi connectivity index (χ1) is 11.6. The van der Waals surface area contributed by atoms with Crippen LogP contribution in [-0.4, -0.2) is 58.0 Å². The topological polar surface area (TPSA) is 86.6 Å². The predicted molar refractivity (Wildman–Crippen MR) is 90.1 cm³/mol. The highest BCUT2D eigenvalue weighted by molar-refractivity contribution is 7.17. The third-order valence-corrected chi connectivity index (χ3v) is 5.97. The largest absolute Gasteiger partial charge is 0.481 e. The van der Waals surface area contributed by atoms with E-state index in [0.29, 0.717) is 19.6 Å². The van der Waals surface area contributed by atoms with Crippen molar-refractivity contribution in [1.29, 1.82) is 0 Å². The van der Waals surface area contributed by atoms with Crippen molar-refractivity contribution >= 4 is 39.2 Å². The average Bonchev–Trinajstić information content (AvgIpc) is 3.23. The SMILES string of the molecule is CCCN1C[C@]2(C(=O)O)CN(c3ncnc4ccsc34)C[C@@H]2C1=O. The summed E-state index contributed by atoms with van der Waals surface area (Å²) in [4.78, 5) is 37.0. The fourth-order valence-electron chi connectivity index (χ4n) is 3.93. The van der Waals surface area contributed by atoms with Gasteiger partial charge in [-0.15, -0.1) is 11.3 Å². The molecular weight excluding hydrogens is 328 g/mol. The number of carbonyl (C=O) groups excluding carboxylic acids is 1. The lowest BCUT2D eigenvalue weighted by Gasteiger charge is -2.25. The molecule has 1 N–H and O–H groups in total. The number of rotatable bonds is 4. The molecule has 2 aliphatic rings. The molecule has 0 bridgehead atoms. The Morgan fingerprint density at radius 3 is 3.00 bits per heavy atom. The van der Waals surface area contributed by atoms with Crippen molar-refractivity contribution in [3.8, 4) is 0 Å². The zero-order chi connectivity index (χ0) is 16.9. The zero-order valence-electron chi connectivity index (χ0n) is 13.3. The molecule has 4 heterocycles. The number of likely N-dealkylation sites (tertiary alicyclic amines) is 1. The van der Waals surface area contributed by atoms with Crippen molar-refractivity contribution in [2.75, 3.05) is 31.1 Å². The molecular formula is C16H18N4O3S. The number of carboxylic acid groups (broad SMARTS) is 1. The van der Waals surface area contributed by atoms with Crippen LogP contribution in [0.3, 0.4) is 0 Å². The van der Waals surface area contributed by atoms with Crippen LogP contribution in [0.25, 0.3) is 10.2 Å². The quantitative estimate of drug-likeness (QED) is 0.902. The number of anilines is 1. The maximum atomic E-state index is 12.7. The van der Waals surface area contributed by atoms with E-state index < -0.39 is 17.3 Å². The van der Waals surface area contributed by atoms with Crippen molar-refractivity contribution in [3.05, 3.63) is 17.8 Å². The van der Waals surface area contributed by atoms with Crippen LogP contribution >= 0.6 is 11.3 Å². The van der Waals surface area contributed by atoms with Gasteiger partial charge in [0.25, 0.3) is 0 Å². The van der Waals surface area contributed by atoms with Crippen LogP contribution in [0.2, 0.25) is 0 Å². The van der Waals surface area contributed by atoms with Crippen LogP contribution in [0.5, 0.6) is 0 Å². The molecule has 0 spiro atoms. The Morgan fingerprint density at radius 1 is 1.46 bits per heavy atom. The molecule has 0 aromatic carbocycles. The number of hydrogen-bond donors (Lipinski definition) is 1. The highest BCUT2D eigenvalue weighted by Crippen LogP contribution is 2.46. The van der Waals surface area contributed by atoms with E-state index in [4.69, 9.17) is 0 Å². The summed E-state index contributed by atoms with van der Waals surface area (Å²) in [5, 5.41) is 11.8. The summed E-state index contributed by atoms with van der Waals surface area (Å²) < 4.78 is 0.941. The number of hydrogen-bond acceptors (Lipinski definition) is 6. The Labute approximate surface area is 142 Å². The number of carbonyl (C=O) groups is 2. The molecule has 0 unspecified atom stereocenters. The van der Waals surface area contributed by atoms with Gasteiger partial charge in [-0.05, 0) is 17.9 Å². The number of amides is 1. The third kappa shape index (κ3) is 2.02. The van der Waals surface area contributed by atoms with Gasteiger partial charge >= 0.3 is 5.97 Å². The van der Waals surface area contributed by atoms with Crippen LogP contribution < -0.4 is 4.90 Å². The van der Waals surface area contributed by atoms with Crippen LogP contribution in [0.1, 0.15) is 13.3 Å². The second kappa shape index (κ2) is 5.41. The van der Waals surface area contributed by atoms with Crippen molar-refractivity contribution in [2.24, 2.45) is 11.3 Å². The Bertz CT molecular complexity index is 823. The standard InChI is InChI=1S/C16H18N4O3S/c1-2-4-19-7-16(15(22)23)8-20(6-10(16)14(19)21)13-12-11(3-5-24-12)17-9-18-13/h3,5,9-10H,2,4,6-8H2,1H3,(H,22,23)/t10-,16+/m1/s1. The number of carboxylic acids is 1. The zero-order valence-corrected chi connectivity index (χ0v) is 14.1. The van der Waals surface area contributed by atoms with Gasteiger partial charge in [0.2, 0.25) is 5.91 Å². The van der Waals surface area contributed by atoms with Crippen LogP contribution in [0.15, 0.2) is 17.8 Å². The summed E-state index contributed by atoms with van der Waals surface area (Å²) >= 11 is 1.54. The number of fused-ring (bicyclic) bond motifs is 2. The summed E-state index contributed by atoms with van der Waals surface area (Å²) in [7, 11) is 0. The maximum Gasteiger partial charge on any atom is 0.314 e. The molecule has 0 saturated carbocycles. The monoisotopic (exact) mass is 346 g/mol. The minimum atomic E-state index is -1.04. The number of nitrogens with zero attached hydrogens (tertiary/aromatic N) is 4. The van der Waals surface area contributed by atoms with E-state index in [1.165, 1.54) is 17.7 Å². The molecule has 0 aliphatic carbocycles. The second-order valence-corrected chi connectivity index (χ2v) is 7.40. The maximum absolute atomic E-state index is 12.7. The molecule has 126 valence electrons. The van der Waals surface area contributed by atoms with Crippen molar-refractivity contribution in [1.82, 2.24) is 14.9 Å². The van der Waals surface area contributed by atoms with E-state index in [-0.39, 0.29) is 12.5 Å². The van der Waals surface area contributed by atoms with Gasteiger partial charge in [0, 0.05) is 26.2 Å². The minimum Gasteiger partial charge on any atom is -0.481 e. The van der Waals surface area contributed by atoms with Crippen molar-refractivity contribution < 1.29 is 14.7 Å². The van der Waals surface area contributed by atoms with Gasteiger partial charge in [-0.25, -0.2) is 9.97 Å². The summed E-state index contributed by atoms with van der Waals surface area (Å²) in [6.07, 6.45) is 2.33. The summed E-state index contributed by atoms with van der Waals surface area (Å²) in [5.41, 5.74) is -0.189. The van der Waals surface area contributed by atoms with Crippen molar-refractivity contribution in [3.63, 3.8) is 0 Å². The molecule has 24 heavy (non-hydrogen) atoms. The molecule has 2 atom stereocenters. The molecule has 2 aromatic rings. The summed E-state index contributed by atoms with van der Waals surface area (Å²) in [5.74, 6) is -0.706. The Balaban J connectivity index is 1.71. The Hall–Kier alpha value is -2.22. The second-order valence-electron chi connectivity index (χ2n) is 6.49. The normalized spacial score (nSPS) is 26.4. The van der Waals surface area contributed by atoms with Gasteiger partial charge in [0.15, 0.2) is 0 Å². The Kier molecular flexibility index (Phi) is 3.45. The van der Waals surface area contributed by atoms with Crippen LogP contribution in [0, 0.1) is 11.3 Å². The molecule has 2 aromatic heterocycles. The summed E-state index contributed by atoms with van der Waals surface area (Å²) in [6.45, 7) is 3.61. The van der Waals surface area contributed by atoms with E-state index in [0.717, 1.165) is 22.5 Å². The van der Waals surface area contributed by atoms with Gasteiger partial charge in [-0.2, -0.15) is 0 Å². The average molecular weight is 346 g/mol. The van der Waals surface area contributed by atoms with Crippen LogP contribution in [-0.2, 0) is 9.59 Å². The lowest BCUT2D eigenvalue weighted by molar-refractivity contribution is -0.149. The molecule has 8 heteroatoms.